The van der Waals surface area contributed by atoms with Gasteiger partial charge in [-0.1, -0.05) is 11.6 Å². The van der Waals surface area contributed by atoms with Gasteiger partial charge in [-0.05, 0) is 39.7 Å². The molecule has 1 aliphatic rings. The Morgan fingerprint density at radius 1 is 1.58 bits per heavy atom. The number of pyridine rings is 1. The maximum absolute atomic E-state index is 12.2. The third-order valence-electron chi connectivity index (χ3n) is 3.60. The first-order valence-electron chi connectivity index (χ1n) is 7.71. The average Bonchev–Trinajstić information content (AvgIpc) is 2.91. The zero-order valence-corrected chi connectivity index (χ0v) is 14.7. The topological polar surface area (TPSA) is 97.6 Å². The van der Waals surface area contributed by atoms with Crippen LogP contribution >= 0.6 is 11.6 Å². The van der Waals surface area contributed by atoms with Gasteiger partial charge in [-0.25, -0.2) is 9.78 Å². The minimum atomic E-state index is -0.571. The molecule has 24 heavy (non-hydrogen) atoms. The van der Waals surface area contributed by atoms with E-state index in [1.807, 2.05) is 20.8 Å². The Balaban J connectivity index is 2.05. The second kappa shape index (κ2) is 7.21. The number of nitrogens with zero attached hydrogens (tertiary/aromatic N) is 3. The van der Waals surface area contributed by atoms with Gasteiger partial charge in [-0.3, -0.25) is 10.1 Å². The molecular weight excluding hydrogens is 336 g/mol. The van der Waals surface area contributed by atoms with Crippen LogP contribution in [0.3, 0.4) is 0 Å². The fourth-order valence-corrected chi connectivity index (χ4v) is 2.81. The van der Waals surface area contributed by atoms with Gasteiger partial charge in [0.05, 0.1) is 11.0 Å². The van der Waals surface area contributed by atoms with E-state index in [9.17, 15) is 14.9 Å². The van der Waals surface area contributed by atoms with Crippen molar-refractivity contribution < 1.29 is 14.5 Å². The molecule has 2 rings (SSSR count). The summed E-state index contributed by atoms with van der Waals surface area (Å²) in [6.45, 7) is 6.44. The molecule has 1 saturated heterocycles. The lowest BCUT2D eigenvalue weighted by Gasteiger charge is -2.28. The van der Waals surface area contributed by atoms with Crippen LogP contribution in [0.5, 0.6) is 0 Å². The van der Waals surface area contributed by atoms with Crippen molar-refractivity contribution in [2.24, 2.45) is 0 Å². The molecule has 1 atom stereocenters. The van der Waals surface area contributed by atoms with Crippen molar-refractivity contribution in [2.75, 3.05) is 18.4 Å². The van der Waals surface area contributed by atoms with Crippen LogP contribution in [0, 0.1) is 10.1 Å². The van der Waals surface area contributed by atoms with E-state index in [0.29, 0.717) is 13.1 Å². The van der Waals surface area contributed by atoms with Crippen molar-refractivity contribution in [1.29, 1.82) is 0 Å². The van der Waals surface area contributed by atoms with E-state index in [0.717, 1.165) is 12.8 Å². The molecule has 1 fully saturated rings. The molecule has 1 aromatic rings. The van der Waals surface area contributed by atoms with E-state index in [1.54, 1.807) is 4.90 Å². The molecule has 132 valence electrons. The van der Waals surface area contributed by atoms with Crippen LogP contribution in [0.15, 0.2) is 12.3 Å². The average molecular weight is 357 g/mol. The number of hydrogen-bond acceptors (Lipinski definition) is 6. The molecule has 1 unspecified atom stereocenters. The van der Waals surface area contributed by atoms with Crippen LogP contribution in [-0.2, 0) is 4.74 Å². The first kappa shape index (κ1) is 18.3. The molecule has 2 heterocycles. The van der Waals surface area contributed by atoms with Crippen LogP contribution in [-0.4, -0.2) is 45.6 Å². The third-order valence-corrected chi connectivity index (χ3v) is 3.87. The molecule has 0 spiro atoms. The van der Waals surface area contributed by atoms with E-state index in [2.05, 4.69) is 10.3 Å². The molecular formula is C15H21ClN4O4. The summed E-state index contributed by atoms with van der Waals surface area (Å²) < 4.78 is 5.40. The molecule has 8 nitrogen and oxygen atoms in total. The maximum Gasteiger partial charge on any atom is 0.410 e. The van der Waals surface area contributed by atoms with Crippen LogP contribution in [0.2, 0.25) is 5.15 Å². The highest BCUT2D eigenvalue weighted by molar-refractivity contribution is 6.32. The molecule has 1 aromatic heterocycles. The van der Waals surface area contributed by atoms with Gasteiger partial charge < -0.3 is 15.0 Å². The molecule has 0 saturated carbocycles. The zero-order chi connectivity index (χ0) is 17.9. The van der Waals surface area contributed by atoms with Crippen molar-refractivity contribution in [3.63, 3.8) is 0 Å². The smallest absolute Gasteiger partial charge is 0.410 e. The van der Waals surface area contributed by atoms with E-state index < -0.39 is 10.5 Å². The van der Waals surface area contributed by atoms with Gasteiger partial charge in [-0.15, -0.1) is 0 Å². The second-order valence-corrected chi connectivity index (χ2v) is 6.96. The van der Waals surface area contributed by atoms with Crippen molar-refractivity contribution in [3.8, 4) is 0 Å². The number of likely N-dealkylation sites (tertiary alicyclic amines) is 1. The van der Waals surface area contributed by atoms with Gasteiger partial charge in [0.15, 0.2) is 0 Å². The van der Waals surface area contributed by atoms with Gasteiger partial charge in [0, 0.05) is 19.3 Å². The molecule has 1 amide bonds. The summed E-state index contributed by atoms with van der Waals surface area (Å²) in [5, 5.41) is 14.0. The number of carbonyl (C=O) groups excluding carboxylic acids is 1. The number of aromatic nitrogens is 1. The Morgan fingerprint density at radius 3 is 2.92 bits per heavy atom. The third kappa shape index (κ3) is 4.47. The number of ether oxygens (including phenoxy) is 1. The quantitative estimate of drug-likeness (QED) is 0.504. The van der Waals surface area contributed by atoms with Gasteiger partial charge in [0.25, 0.3) is 0 Å². The van der Waals surface area contributed by atoms with Crippen molar-refractivity contribution in [2.45, 2.75) is 45.3 Å². The first-order valence-corrected chi connectivity index (χ1v) is 8.09. The SMILES string of the molecule is CC(C)(C)OC(=O)N1CCCC1CNc1ccnc(Cl)c1[N+](=O)[O-]. The highest BCUT2D eigenvalue weighted by atomic mass is 35.5. The number of halogens is 1. The first-order chi connectivity index (χ1) is 11.2. The molecule has 1 aliphatic heterocycles. The number of hydrogen-bond donors (Lipinski definition) is 1. The largest absolute Gasteiger partial charge is 0.444 e. The number of nitrogens with one attached hydrogen (secondary N) is 1. The van der Waals surface area contributed by atoms with E-state index >= 15 is 0 Å². The minimum absolute atomic E-state index is 0.0913. The van der Waals surface area contributed by atoms with Crippen LogP contribution in [0.1, 0.15) is 33.6 Å². The lowest BCUT2D eigenvalue weighted by Crippen LogP contribution is -2.42. The lowest BCUT2D eigenvalue weighted by atomic mass is 10.2. The van der Waals surface area contributed by atoms with Crippen LogP contribution in [0.4, 0.5) is 16.2 Å². The fraction of sp³-hybridized carbons (Fsp3) is 0.600. The molecule has 0 aromatic carbocycles. The zero-order valence-electron chi connectivity index (χ0n) is 13.9. The van der Waals surface area contributed by atoms with Gasteiger partial charge in [0.2, 0.25) is 5.15 Å². The van der Waals surface area contributed by atoms with Gasteiger partial charge >= 0.3 is 11.8 Å². The summed E-state index contributed by atoms with van der Waals surface area (Å²) >= 11 is 5.79. The normalized spacial score (nSPS) is 17.7. The maximum atomic E-state index is 12.2. The predicted molar refractivity (Wildman–Crippen MR) is 90.4 cm³/mol. The molecule has 1 N–H and O–H groups in total. The Kier molecular flexibility index (Phi) is 5.48. The van der Waals surface area contributed by atoms with E-state index in [4.69, 9.17) is 16.3 Å². The summed E-state index contributed by atoms with van der Waals surface area (Å²) in [7, 11) is 0. The Hall–Kier alpha value is -2.09. The van der Waals surface area contributed by atoms with Crippen molar-refractivity contribution in [1.82, 2.24) is 9.88 Å². The fourth-order valence-electron chi connectivity index (χ4n) is 2.58. The standard InChI is InChI=1S/C15H21ClN4O4/c1-15(2,3)24-14(21)19-8-4-5-10(19)9-18-11-6-7-17-13(16)12(11)20(22)23/h6-7,10H,4-5,8-9H2,1-3H3,(H,17,18). The summed E-state index contributed by atoms with van der Waals surface area (Å²) in [6.07, 6.45) is 2.70. The van der Waals surface area contributed by atoms with Crippen molar-refractivity contribution >= 4 is 29.1 Å². The molecule has 0 bridgehead atoms. The molecule has 0 radical (unpaired) electrons. The molecule has 9 heteroatoms. The highest BCUT2D eigenvalue weighted by Gasteiger charge is 2.32. The number of rotatable bonds is 4. The Labute approximate surface area is 145 Å². The summed E-state index contributed by atoms with van der Waals surface area (Å²) in [4.78, 5) is 28.2. The highest BCUT2D eigenvalue weighted by Crippen LogP contribution is 2.31. The van der Waals surface area contributed by atoms with Crippen LogP contribution < -0.4 is 5.32 Å². The minimum Gasteiger partial charge on any atom is -0.444 e. The number of amides is 1. The Bertz CT molecular complexity index is 632. The number of anilines is 1. The lowest BCUT2D eigenvalue weighted by molar-refractivity contribution is -0.384. The Morgan fingerprint density at radius 2 is 2.29 bits per heavy atom. The number of nitro groups is 1. The summed E-state index contributed by atoms with van der Waals surface area (Å²) in [5.41, 5.74) is -0.535. The van der Waals surface area contributed by atoms with E-state index in [-0.39, 0.29) is 28.7 Å². The number of carbonyl (C=O) groups is 1. The van der Waals surface area contributed by atoms with Crippen LogP contribution in [0.25, 0.3) is 0 Å². The van der Waals surface area contributed by atoms with Gasteiger partial charge in [0.1, 0.15) is 11.3 Å². The molecule has 0 aliphatic carbocycles. The summed E-state index contributed by atoms with van der Waals surface area (Å²) in [6, 6.07) is 1.41. The van der Waals surface area contributed by atoms with E-state index in [1.165, 1.54) is 12.3 Å². The summed E-state index contributed by atoms with van der Waals surface area (Å²) in [5.74, 6) is 0. The predicted octanol–water partition coefficient (Wildman–Crippen LogP) is 3.45. The monoisotopic (exact) mass is 356 g/mol. The second-order valence-electron chi connectivity index (χ2n) is 6.61. The van der Waals surface area contributed by atoms with Gasteiger partial charge in [-0.2, -0.15) is 0 Å². The van der Waals surface area contributed by atoms with Crippen molar-refractivity contribution in [3.05, 3.63) is 27.5 Å².